The largest absolute Gasteiger partial charge is 0.319 e. The van der Waals surface area contributed by atoms with Gasteiger partial charge in [0.1, 0.15) is 0 Å². The quantitative estimate of drug-likeness (QED) is 0.888. The molecule has 1 N–H and O–H groups in total. The van der Waals surface area contributed by atoms with Crippen LogP contribution in [-0.2, 0) is 6.54 Å². The third kappa shape index (κ3) is 3.93. The fourth-order valence-corrected chi connectivity index (χ4v) is 1.65. The highest BCUT2D eigenvalue weighted by Crippen LogP contribution is 2.08. The number of aromatic nitrogens is 2. The summed E-state index contributed by atoms with van der Waals surface area (Å²) in [5.41, 5.74) is 1.36. The molecule has 0 unspecified atom stereocenters. The number of benzene rings is 1. The molecule has 1 amide bonds. The molecule has 5 heteroatoms. The summed E-state index contributed by atoms with van der Waals surface area (Å²) >= 11 is 0. The maximum Gasteiger partial charge on any atom is 0.255 e. The summed E-state index contributed by atoms with van der Waals surface area (Å²) in [6, 6.07) is 9.14. The maximum absolute atomic E-state index is 11.9. The summed E-state index contributed by atoms with van der Waals surface area (Å²) in [5, 5.41) is 7.04. The molecule has 2 rings (SSSR count). The van der Waals surface area contributed by atoms with Crippen LogP contribution in [0.4, 0.5) is 5.69 Å². The van der Waals surface area contributed by atoms with Gasteiger partial charge in [-0.15, -0.1) is 0 Å². The van der Waals surface area contributed by atoms with E-state index in [0.717, 1.165) is 13.1 Å². The summed E-state index contributed by atoms with van der Waals surface area (Å²) in [5.74, 6) is -0.118. The normalized spacial score (nSPS) is 10.7. The van der Waals surface area contributed by atoms with E-state index in [1.54, 1.807) is 18.3 Å². The van der Waals surface area contributed by atoms with Gasteiger partial charge in [0.25, 0.3) is 5.91 Å². The van der Waals surface area contributed by atoms with E-state index < -0.39 is 0 Å². The number of hydrogen-bond donors (Lipinski definition) is 1. The van der Waals surface area contributed by atoms with Crippen molar-refractivity contribution in [1.82, 2.24) is 14.7 Å². The SMILES string of the molecule is CN(C)CCn1cc(NC(=O)c2ccccc2)cn1. The molecule has 0 bridgehead atoms. The van der Waals surface area contributed by atoms with E-state index in [9.17, 15) is 4.79 Å². The summed E-state index contributed by atoms with van der Waals surface area (Å²) in [7, 11) is 4.03. The van der Waals surface area contributed by atoms with Crippen molar-refractivity contribution in [3.05, 3.63) is 48.3 Å². The van der Waals surface area contributed by atoms with E-state index in [-0.39, 0.29) is 5.91 Å². The van der Waals surface area contributed by atoms with Crippen molar-refractivity contribution in [3.63, 3.8) is 0 Å². The Hall–Kier alpha value is -2.14. The van der Waals surface area contributed by atoms with Crippen molar-refractivity contribution in [1.29, 1.82) is 0 Å². The fraction of sp³-hybridized carbons (Fsp3) is 0.286. The van der Waals surface area contributed by atoms with Gasteiger partial charge >= 0.3 is 0 Å². The lowest BCUT2D eigenvalue weighted by Gasteiger charge is -2.08. The summed E-state index contributed by atoms with van der Waals surface area (Å²) in [6.07, 6.45) is 3.50. The first kappa shape index (κ1) is 13.3. The van der Waals surface area contributed by atoms with E-state index in [1.807, 2.05) is 43.2 Å². The predicted molar refractivity (Wildman–Crippen MR) is 75.2 cm³/mol. The van der Waals surface area contributed by atoms with Crippen LogP contribution in [0.5, 0.6) is 0 Å². The van der Waals surface area contributed by atoms with E-state index >= 15 is 0 Å². The maximum atomic E-state index is 11.9. The first-order valence-electron chi connectivity index (χ1n) is 6.19. The molecule has 2 aromatic rings. The summed E-state index contributed by atoms with van der Waals surface area (Å²) in [6.45, 7) is 1.71. The first-order valence-corrected chi connectivity index (χ1v) is 6.19. The van der Waals surface area contributed by atoms with Crippen molar-refractivity contribution >= 4 is 11.6 Å². The molecular weight excluding hydrogens is 240 g/mol. The second-order valence-electron chi connectivity index (χ2n) is 4.62. The summed E-state index contributed by atoms with van der Waals surface area (Å²) < 4.78 is 1.82. The lowest BCUT2D eigenvalue weighted by atomic mass is 10.2. The van der Waals surface area contributed by atoms with Crippen LogP contribution in [0.15, 0.2) is 42.7 Å². The number of amides is 1. The average molecular weight is 258 g/mol. The topological polar surface area (TPSA) is 50.2 Å². The molecule has 0 spiro atoms. The standard InChI is InChI=1S/C14H18N4O/c1-17(2)8-9-18-11-13(10-15-18)16-14(19)12-6-4-3-5-7-12/h3-7,10-11H,8-9H2,1-2H3,(H,16,19). The number of carbonyl (C=O) groups excluding carboxylic acids is 1. The molecule has 1 aromatic heterocycles. The Kier molecular flexibility index (Phi) is 4.30. The fourth-order valence-electron chi connectivity index (χ4n) is 1.65. The van der Waals surface area contributed by atoms with Gasteiger partial charge in [-0.3, -0.25) is 9.48 Å². The zero-order valence-electron chi connectivity index (χ0n) is 11.2. The van der Waals surface area contributed by atoms with Crippen LogP contribution in [0.25, 0.3) is 0 Å². The zero-order valence-corrected chi connectivity index (χ0v) is 11.2. The van der Waals surface area contributed by atoms with Gasteiger partial charge in [-0.2, -0.15) is 5.10 Å². The number of nitrogens with zero attached hydrogens (tertiary/aromatic N) is 3. The van der Waals surface area contributed by atoms with Crippen LogP contribution >= 0.6 is 0 Å². The number of hydrogen-bond acceptors (Lipinski definition) is 3. The minimum atomic E-state index is -0.118. The van der Waals surface area contributed by atoms with Crippen molar-refractivity contribution in [3.8, 4) is 0 Å². The molecule has 100 valence electrons. The van der Waals surface area contributed by atoms with Gasteiger partial charge < -0.3 is 10.2 Å². The molecular formula is C14H18N4O. The predicted octanol–water partition coefficient (Wildman–Crippen LogP) is 1.70. The summed E-state index contributed by atoms with van der Waals surface area (Å²) in [4.78, 5) is 14.0. The molecule has 19 heavy (non-hydrogen) atoms. The van der Waals surface area contributed by atoms with Crippen LogP contribution in [0.1, 0.15) is 10.4 Å². The van der Waals surface area contributed by atoms with E-state index in [2.05, 4.69) is 15.3 Å². The van der Waals surface area contributed by atoms with Crippen molar-refractivity contribution < 1.29 is 4.79 Å². The Morgan fingerprint density at radius 1 is 1.32 bits per heavy atom. The van der Waals surface area contributed by atoms with Crippen molar-refractivity contribution in [2.75, 3.05) is 26.0 Å². The monoisotopic (exact) mass is 258 g/mol. The van der Waals surface area contributed by atoms with Gasteiger partial charge in [0.15, 0.2) is 0 Å². The third-order valence-electron chi connectivity index (χ3n) is 2.70. The highest BCUT2D eigenvalue weighted by atomic mass is 16.1. The molecule has 0 saturated carbocycles. The molecule has 0 radical (unpaired) electrons. The van der Waals surface area contributed by atoms with Crippen LogP contribution in [0.3, 0.4) is 0 Å². The van der Waals surface area contributed by atoms with Crippen molar-refractivity contribution in [2.24, 2.45) is 0 Å². The lowest BCUT2D eigenvalue weighted by Crippen LogP contribution is -2.18. The Labute approximate surface area is 112 Å². The molecule has 5 nitrogen and oxygen atoms in total. The van der Waals surface area contributed by atoms with Gasteiger partial charge in [0, 0.05) is 18.3 Å². The molecule has 0 saturated heterocycles. The first-order chi connectivity index (χ1) is 9.15. The van der Waals surface area contributed by atoms with E-state index in [0.29, 0.717) is 11.3 Å². The van der Waals surface area contributed by atoms with Gasteiger partial charge in [-0.25, -0.2) is 0 Å². The molecule has 0 aliphatic heterocycles. The van der Waals surface area contributed by atoms with E-state index in [4.69, 9.17) is 0 Å². The smallest absolute Gasteiger partial charge is 0.255 e. The number of anilines is 1. The number of likely N-dealkylation sites (N-methyl/N-ethyl adjacent to an activating group) is 1. The van der Waals surface area contributed by atoms with Gasteiger partial charge in [0.05, 0.1) is 18.4 Å². The number of carbonyl (C=O) groups is 1. The van der Waals surface area contributed by atoms with Crippen LogP contribution < -0.4 is 5.32 Å². The Balaban J connectivity index is 1.95. The van der Waals surface area contributed by atoms with Gasteiger partial charge in [-0.05, 0) is 26.2 Å². The molecule has 0 atom stereocenters. The molecule has 1 heterocycles. The highest BCUT2D eigenvalue weighted by Gasteiger charge is 2.06. The minimum Gasteiger partial charge on any atom is -0.319 e. The number of rotatable bonds is 5. The van der Waals surface area contributed by atoms with Crippen molar-refractivity contribution in [2.45, 2.75) is 6.54 Å². The molecule has 0 aliphatic carbocycles. The average Bonchev–Trinajstić information content (AvgIpc) is 2.85. The second kappa shape index (κ2) is 6.15. The minimum absolute atomic E-state index is 0.118. The Bertz CT molecular complexity index is 533. The lowest BCUT2D eigenvalue weighted by molar-refractivity contribution is 0.102. The number of nitrogens with one attached hydrogen (secondary N) is 1. The molecule has 0 aliphatic rings. The van der Waals surface area contributed by atoms with Crippen LogP contribution in [0.2, 0.25) is 0 Å². The van der Waals surface area contributed by atoms with E-state index in [1.165, 1.54) is 0 Å². The Morgan fingerprint density at radius 3 is 2.74 bits per heavy atom. The second-order valence-corrected chi connectivity index (χ2v) is 4.62. The zero-order chi connectivity index (χ0) is 13.7. The third-order valence-corrected chi connectivity index (χ3v) is 2.70. The molecule has 1 aromatic carbocycles. The highest BCUT2D eigenvalue weighted by molar-refractivity contribution is 6.04. The molecule has 0 fully saturated rings. The van der Waals surface area contributed by atoms with Crippen LogP contribution in [0, 0.1) is 0 Å². The van der Waals surface area contributed by atoms with Gasteiger partial charge in [-0.1, -0.05) is 18.2 Å². The van der Waals surface area contributed by atoms with Crippen LogP contribution in [-0.4, -0.2) is 41.2 Å². The Morgan fingerprint density at radius 2 is 2.05 bits per heavy atom. The van der Waals surface area contributed by atoms with Gasteiger partial charge in [0.2, 0.25) is 0 Å².